The van der Waals surface area contributed by atoms with Crippen LogP contribution in [0.2, 0.25) is 0 Å². The molecule has 21 heavy (non-hydrogen) atoms. The number of anilines is 1. The number of aryl methyl sites for hydroxylation is 1. The van der Waals surface area contributed by atoms with Gasteiger partial charge in [-0.25, -0.2) is 12.8 Å². The Morgan fingerprint density at radius 1 is 1.24 bits per heavy atom. The maximum Gasteiger partial charge on any atom is 0.262 e. The standard InChI is InChI=1S/C14H16FN3O2S/c1-10-5-13(9-17-7-10)18-21(19,20)14-6-12(15)4-3-11(14)8-16-2/h3-7,9,16,18H,8H2,1-2H3. The molecule has 0 unspecified atom stereocenters. The molecule has 1 aromatic carbocycles. The molecule has 0 fully saturated rings. The van der Waals surface area contributed by atoms with Crippen LogP contribution in [-0.2, 0) is 16.6 Å². The number of hydrogen-bond donors (Lipinski definition) is 2. The number of hydrogen-bond acceptors (Lipinski definition) is 4. The zero-order valence-corrected chi connectivity index (χ0v) is 12.5. The Balaban J connectivity index is 2.41. The summed E-state index contributed by atoms with van der Waals surface area (Å²) in [5.41, 5.74) is 1.66. The molecule has 1 aromatic heterocycles. The number of aromatic nitrogens is 1. The van der Waals surface area contributed by atoms with E-state index in [-0.39, 0.29) is 4.90 Å². The predicted octanol–water partition coefficient (Wildman–Crippen LogP) is 2.05. The number of nitrogens with one attached hydrogen (secondary N) is 2. The first kappa shape index (κ1) is 15.4. The zero-order chi connectivity index (χ0) is 15.5. The minimum Gasteiger partial charge on any atom is -0.316 e. The van der Waals surface area contributed by atoms with Crippen LogP contribution < -0.4 is 10.0 Å². The van der Waals surface area contributed by atoms with Crippen LogP contribution in [0.15, 0.2) is 41.6 Å². The smallest absolute Gasteiger partial charge is 0.262 e. The van der Waals surface area contributed by atoms with Crippen molar-refractivity contribution in [2.24, 2.45) is 0 Å². The van der Waals surface area contributed by atoms with Crippen LogP contribution in [0, 0.1) is 12.7 Å². The van der Waals surface area contributed by atoms with Crippen molar-refractivity contribution in [2.45, 2.75) is 18.4 Å². The molecule has 0 saturated carbocycles. The predicted molar refractivity (Wildman–Crippen MR) is 78.9 cm³/mol. The Hall–Kier alpha value is -1.99. The number of halogens is 1. The van der Waals surface area contributed by atoms with E-state index in [0.717, 1.165) is 11.6 Å². The molecule has 0 amide bonds. The summed E-state index contributed by atoms with van der Waals surface area (Å²) in [5, 5.41) is 2.86. The van der Waals surface area contributed by atoms with Gasteiger partial charge in [0, 0.05) is 12.7 Å². The molecule has 0 atom stereocenters. The van der Waals surface area contributed by atoms with Crippen LogP contribution in [0.25, 0.3) is 0 Å². The molecule has 0 spiro atoms. The van der Waals surface area contributed by atoms with Crippen molar-refractivity contribution < 1.29 is 12.8 Å². The Morgan fingerprint density at radius 2 is 2.00 bits per heavy atom. The van der Waals surface area contributed by atoms with E-state index in [1.807, 2.05) is 0 Å². The largest absolute Gasteiger partial charge is 0.316 e. The summed E-state index contributed by atoms with van der Waals surface area (Å²) in [7, 11) is -2.18. The van der Waals surface area contributed by atoms with Gasteiger partial charge in [-0.05, 0) is 43.3 Å². The molecule has 0 saturated heterocycles. The molecule has 0 bridgehead atoms. The number of pyridine rings is 1. The normalized spacial score (nSPS) is 11.4. The number of sulfonamides is 1. The summed E-state index contributed by atoms with van der Waals surface area (Å²) < 4.78 is 40.7. The van der Waals surface area contributed by atoms with E-state index in [1.165, 1.54) is 18.3 Å². The Labute approximate surface area is 123 Å². The maximum absolute atomic E-state index is 13.4. The van der Waals surface area contributed by atoms with Gasteiger partial charge in [0.25, 0.3) is 10.0 Å². The molecule has 2 rings (SSSR count). The Bertz CT molecular complexity index is 748. The van der Waals surface area contributed by atoms with Crippen LogP contribution >= 0.6 is 0 Å². The minimum absolute atomic E-state index is 0.0849. The summed E-state index contributed by atoms with van der Waals surface area (Å²) in [6, 6.07) is 5.36. The molecule has 2 aromatic rings. The topological polar surface area (TPSA) is 71.1 Å². The van der Waals surface area contributed by atoms with Crippen molar-refractivity contribution in [3.05, 3.63) is 53.6 Å². The molecule has 0 aliphatic rings. The second kappa shape index (κ2) is 6.19. The van der Waals surface area contributed by atoms with Crippen molar-refractivity contribution in [3.63, 3.8) is 0 Å². The van der Waals surface area contributed by atoms with Crippen LogP contribution in [0.3, 0.4) is 0 Å². The third kappa shape index (κ3) is 3.77. The van der Waals surface area contributed by atoms with Gasteiger partial charge in [0.15, 0.2) is 0 Å². The highest BCUT2D eigenvalue weighted by Crippen LogP contribution is 2.21. The lowest BCUT2D eigenvalue weighted by molar-refractivity contribution is 0.592. The first-order valence-corrected chi connectivity index (χ1v) is 7.78. The first-order chi connectivity index (χ1) is 9.92. The summed E-state index contributed by atoms with van der Waals surface area (Å²) in [6.45, 7) is 2.13. The average Bonchev–Trinajstić information content (AvgIpc) is 2.40. The average molecular weight is 309 g/mol. The Morgan fingerprint density at radius 3 is 2.67 bits per heavy atom. The molecule has 0 aliphatic heterocycles. The van der Waals surface area contributed by atoms with E-state index in [9.17, 15) is 12.8 Å². The lowest BCUT2D eigenvalue weighted by Crippen LogP contribution is -2.18. The van der Waals surface area contributed by atoms with Crippen LogP contribution in [0.5, 0.6) is 0 Å². The van der Waals surface area contributed by atoms with Gasteiger partial charge in [-0.3, -0.25) is 9.71 Å². The fourth-order valence-corrected chi connectivity index (χ4v) is 3.22. The van der Waals surface area contributed by atoms with Crippen molar-refractivity contribution in [1.82, 2.24) is 10.3 Å². The van der Waals surface area contributed by atoms with E-state index < -0.39 is 15.8 Å². The van der Waals surface area contributed by atoms with Crippen molar-refractivity contribution >= 4 is 15.7 Å². The van der Waals surface area contributed by atoms with Gasteiger partial charge in [-0.2, -0.15) is 0 Å². The molecule has 112 valence electrons. The number of benzene rings is 1. The zero-order valence-electron chi connectivity index (χ0n) is 11.7. The van der Waals surface area contributed by atoms with Crippen molar-refractivity contribution in [1.29, 1.82) is 0 Å². The van der Waals surface area contributed by atoms with Gasteiger partial charge in [-0.15, -0.1) is 0 Å². The van der Waals surface area contributed by atoms with Gasteiger partial charge in [0.1, 0.15) is 5.82 Å². The lowest BCUT2D eigenvalue weighted by atomic mass is 10.2. The van der Waals surface area contributed by atoms with Gasteiger partial charge in [-0.1, -0.05) is 6.07 Å². The molecule has 5 nitrogen and oxygen atoms in total. The first-order valence-electron chi connectivity index (χ1n) is 6.30. The molecular weight excluding hydrogens is 293 g/mol. The highest BCUT2D eigenvalue weighted by molar-refractivity contribution is 7.92. The van der Waals surface area contributed by atoms with E-state index >= 15 is 0 Å². The van der Waals surface area contributed by atoms with E-state index in [1.54, 1.807) is 26.2 Å². The molecule has 1 heterocycles. The second-order valence-corrected chi connectivity index (χ2v) is 6.29. The van der Waals surface area contributed by atoms with Crippen LogP contribution in [-0.4, -0.2) is 20.4 Å². The SMILES string of the molecule is CNCc1ccc(F)cc1S(=O)(=O)Nc1cncc(C)c1. The van der Waals surface area contributed by atoms with E-state index in [2.05, 4.69) is 15.0 Å². The summed E-state index contributed by atoms with van der Waals surface area (Å²) in [4.78, 5) is 3.84. The second-order valence-electron chi connectivity index (χ2n) is 4.64. The quantitative estimate of drug-likeness (QED) is 0.887. The van der Waals surface area contributed by atoms with Crippen LogP contribution in [0.4, 0.5) is 10.1 Å². The molecule has 2 N–H and O–H groups in total. The van der Waals surface area contributed by atoms with E-state index in [4.69, 9.17) is 0 Å². The summed E-state index contributed by atoms with van der Waals surface area (Å²) in [5.74, 6) is -0.599. The monoisotopic (exact) mass is 309 g/mol. The maximum atomic E-state index is 13.4. The minimum atomic E-state index is -3.88. The van der Waals surface area contributed by atoms with Gasteiger partial charge >= 0.3 is 0 Å². The highest BCUT2D eigenvalue weighted by atomic mass is 32.2. The van der Waals surface area contributed by atoms with Crippen LogP contribution in [0.1, 0.15) is 11.1 Å². The summed E-state index contributed by atoms with van der Waals surface area (Å²) >= 11 is 0. The highest BCUT2D eigenvalue weighted by Gasteiger charge is 2.19. The molecule has 0 radical (unpaired) electrons. The third-order valence-corrected chi connectivity index (χ3v) is 4.28. The number of nitrogens with zero attached hydrogens (tertiary/aromatic N) is 1. The van der Waals surface area contributed by atoms with Gasteiger partial charge in [0.05, 0.1) is 16.8 Å². The lowest BCUT2D eigenvalue weighted by Gasteiger charge is -2.12. The Kier molecular flexibility index (Phi) is 4.54. The van der Waals surface area contributed by atoms with Crippen molar-refractivity contribution in [3.8, 4) is 0 Å². The molecule has 7 heteroatoms. The van der Waals surface area contributed by atoms with E-state index in [0.29, 0.717) is 17.8 Å². The fourth-order valence-electron chi connectivity index (χ4n) is 1.94. The molecule has 0 aliphatic carbocycles. The summed E-state index contributed by atoms with van der Waals surface area (Å²) in [6.07, 6.45) is 3.02. The van der Waals surface area contributed by atoms with Crippen molar-refractivity contribution in [2.75, 3.05) is 11.8 Å². The van der Waals surface area contributed by atoms with Gasteiger partial charge in [0.2, 0.25) is 0 Å². The fraction of sp³-hybridized carbons (Fsp3) is 0.214. The number of rotatable bonds is 5. The van der Waals surface area contributed by atoms with Gasteiger partial charge < -0.3 is 5.32 Å². The molecular formula is C14H16FN3O2S. The third-order valence-electron chi connectivity index (χ3n) is 2.81.